The molecule has 2 N–H and O–H groups in total. The fourth-order valence-electron chi connectivity index (χ4n) is 2.84. The summed E-state index contributed by atoms with van der Waals surface area (Å²) in [7, 11) is 5.05. The van der Waals surface area contributed by atoms with Gasteiger partial charge in [0.1, 0.15) is 5.75 Å². The Hall–Kier alpha value is -2.50. The van der Waals surface area contributed by atoms with E-state index in [4.69, 9.17) is 4.74 Å². The first-order valence-electron chi connectivity index (χ1n) is 8.08. The number of rotatable bonds is 6. The molecule has 2 aromatic rings. The van der Waals surface area contributed by atoms with Crippen LogP contribution in [-0.4, -0.2) is 37.2 Å². The molecule has 24 heavy (non-hydrogen) atoms. The first-order chi connectivity index (χ1) is 11.5. The number of amides is 2. The van der Waals surface area contributed by atoms with E-state index in [2.05, 4.69) is 29.1 Å². The van der Waals surface area contributed by atoms with Gasteiger partial charge in [0, 0.05) is 31.7 Å². The zero-order valence-electron chi connectivity index (χ0n) is 15.0. The standard InChI is InChI=1S/C18H26N4O2/c1-12(2)15(8-13-10-20-11-21-13)16-9-14(6-7-17(16)24-5)22(4)18(23)19-3/h6-7,9-12,15H,8H2,1-5H3,(H,19,23)(H,20,21)/t15-/m0/s1. The number of urea groups is 1. The molecular formula is C18H26N4O2. The van der Waals surface area contributed by atoms with Gasteiger partial charge in [-0.25, -0.2) is 9.78 Å². The summed E-state index contributed by atoms with van der Waals surface area (Å²) in [5.74, 6) is 1.49. The number of H-pyrrole nitrogens is 1. The predicted molar refractivity (Wildman–Crippen MR) is 95.7 cm³/mol. The lowest BCUT2D eigenvalue weighted by atomic mass is 9.84. The summed E-state index contributed by atoms with van der Waals surface area (Å²) in [6.07, 6.45) is 4.38. The van der Waals surface area contributed by atoms with Crippen LogP contribution in [0, 0.1) is 5.92 Å². The van der Waals surface area contributed by atoms with E-state index < -0.39 is 0 Å². The number of aromatic amines is 1. The van der Waals surface area contributed by atoms with Crippen molar-refractivity contribution in [2.75, 3.05) is 26.1 Å². The Morgan fingerprint density at radius 1 is 1.42 bits per heavy atom. The van der Waals surface area contributed by atoms with Crippen molar-refractivity contribution < 1.29 is 9.53 Å². The second-order valence-corrected chi connectivity index (χ2v) is 6.17. The van der Waals surface area contributed by atoms with Crippen LogP contribution in [0.25, 0.3) is 0 Å². The lowest BCUT2D eigenvalue weighted by Crippen LogP contribution is -2.34. The van der Waals surface area contributed by atoms with Crippen molar-refractivity contribution in [3.8, 4) is 5.75 Å². The molecule has 0 aliphatic carbocycles. The largest absolute Gasteiger partial charge is 0.496 e. The Bertz CT molecular complexity index is 668. The molecule has 2 rings (SSSR count). The summed E-state index contributed by atoms with van der Waals surface area (Å²) in [6, 6.07) is 5.70. The van der Waals surface area contributed by atoms with E-state index in [9.17, 15) is 4.79 Å². The topological polar surface area (TPSA) is 70.2 Å². The monoisotopic (exact) mass is 330 g/mol. The third kappa shape index (κ3) is 3.88. The molecule has 0 fully saturated rings. The Balaban J connectivity index is 2.41. The summed E-state index contributed by atoms with van der Waals surface area (Å²) in [6.45, 7) is 4.38. The normalized spacial score (nSPS) is 12.1. The fourth-order valence-corrected chi connectivity index (χ4v) is 2.84. The van der Waals surface area contributed by atoms with Gasteiger partial charge in [-0.3, -0.25) is 4.90 Å². The first-order valence-corrected chi connectivity index (χ1v) is 8.08. The van der Waals surface area contributed by atoms with E-state index in [0.29, 0.717) is 5.92 Å². The average molecular weight is 330 g/mol. The molecule has 2 amide bonds. The molecule has 0 radical (unpaired) electrons. The van der Waals surface area contributed by atoms with Crippen LogP contribution in [0.3, 0.4) is 0 Å². The van der Waals surface area contributed by atoms with Crippen molar-refractivity contribution in [3.63, 3.8) is 0 Å². The van der Waals surface area contributed by atoms with E-state index in [1.54, 1.807) is 32.4 Å². The molecule has 6 nitrogen and oxygen atoms in total. The molecule has 0 aliphatic heterocycles. The minimum Gasteiger partial charge on any atom is -0.496 e. The second kappa shape index (κ2) is 7.86. The van der Waals surface area contributed by atoms with Gasteiger partial charge < -0.3 is 15.0 Å². The van der Waals surface area contributed by atoms with Gasteiger partial charge in [0.05, 0.1) is 13.4 Å². The maximum atomic E-state index is 11.9. The summed E-state index contributed by atoms with van der Waals surface area (Å²) >= 11 is 0. The molecule has 1 aromatic carbocycles. The fraction of sp³-hybridized carbons (Fsp3) is 0.444. The number of ether oxygens (including phenoxy) is 1. The maximum absolute atomic E-state index is 11.9. The lowest BCUT2D eigenvalue weighted by molar-refractivity contribution is 0.249. The van der Waals surface area contributed by atoms with Gasteiger partial charge in [-0.2, -0.15) is 0 Å². The zero-order chi connectivity index (χ0) is 17.7. The number of carbonyl (C=O) groups excluding carboxylic acids is 1. The van der Waals surface area contributed by atoms with Gasteiger partial charge in [-0.05, 0) is 42.0 Å². The molecule has 1 heterocycles. The van der Waals surface area contributed by atoms with Crippen molar-refractivity contribution >= 4 is 11.7 Å². The molecule has 0 saturated heterocycles. The maximum Gasteiger partial charge on any atom is 0.321 e. The van der Waals surface area contributed by atoms with E-state index in [-0.39, 0.29) is 11.9 Å². The Kier molecular flexibility index (Phi) is 5.84. The highest BCUT2D eigenvalue weighted by molar-refractivity contribution is 5.91. The summed E-state index contributed by atoms with van der Waals surface area (Å²) in [5, 5.41) is 2.64. The number of benzene rings is 1. The molecule has 0 bridgehead atoms. The van der Waals surface area contributed by atoms with Crippen molar-refractivity contribution in [1.82, 2.24) is 15.3 Å². The third-order valence-corrected chi connectivity index (χ3v) is 4.32. The second-order valence-electron chi connectivity index (χ2n) is 6.17. The van der Waals surface area contributed by atoms with Gasteiger partial charge in [-0.15, -0.1) is 0 Å². The highest BCUT2D eigenvalue weighted by Gasteiger charge is 2.22. The number of carbonyl (C=O) groups is 1. The Labute approximate surface area is 143 Å². The van der Waals surface area contributed by atoms with Crippen LogP contribution >= 0.6 is 0 Å². The number of imidazole rings is 1. The molecule has 0 saturated carbocycles. The summed E-state index contributed by atoms with van der Waals surface area (Å²) in [4.78, 5) is 20.8. The lowest BCUT2D eigenvalue weighted by Gasteiger charge is -2.25. The van der Waals surface area contributed by atoms with Gasteiger partial charge in [-0.1, -0.05) is 13.8 Å². The van der Waals surface area contributed by atoms with Crippen LogP contribution in [0.5, 0.6) is 5.75 Å². The minimum absolute atomic E-state index is 0.152. The van der Waals surface area contributed by atoms with Crippen LogP contribution in [0.1, 0.15) is 31.0 Å². The zero-order valence-corrected chi connectivity index (χ0v) is 15.0. The van der Waals surface area contributed by atoms with Crippen molar-refractivity contribution in [2.24, 2.45) is 5.92 Å². The van der Waals surface area contributed by atoms with Gasteiger partial charge >= 0.3 is 6.03 Å². The Morgan fingerprint density at radius 3 is 2.71 bits per heavy atom. The average Bonchev–Trinajstić information content (AvgIpc) is 3.10. The molecule has 0 unspecified atom stereocenters. The van der Waals surface area contributed by atoms with Crippen molar-refractivity contribution in [1.29, 1.82) is 0 Å². The number of anilines is 1. The van der Waals surface area contributed by atoms with Crippen LogP contribution < -0.4 is 15.0 Å². The highest BCUT2D eigenvalue weighted by Crippen LogP contribution is 2.36. The molecule has 1 atom stereocenters. The highest BCUT2D eigenvalue weighted by atomic mass is 16.5. The summed E-state index contributed by atoms with van der Waals surface area (Å²) in [5.41, 5.74) is 3.01. The molecule has 0 spiro atoms. The first kappa shape index (κ1) is 17.8. The van der Waals surface area contributed by atoms with Gasteiger partial charge in [0.15, 0.2) is 0 Å². The van der Waals surface area contributed by atoms with Crippen molar-refractivity contribution in [2.45, 2.75) is 26.2 Å². The number of hydrogen-bond donors (Lipinski definition) is 2. The SMILES string of the molecule is CNC(=O)N(C)c1ccc(OC)c([C@@H](Cc2cnc[nH]2)C(C)C)c1. The molecular weight excluding hydrogens is 304 g/mol. The number of nitrogens with one attached hydrogen (secondary N) is 2. The third-order valence-electron chi connectivity index (χ3n) is 4.32. The number of nitrogens with zero attached hydrogens (tertiary/aromatic N) is 2. The molecule has 0 aliphatic rings. The van der Waals surface area contributed by atoms with Crippen molar-refractivity contribution in [3.05, 3.63) is 42.0 Å². The molecule has 1 aromatic heterocycles. The van der Waals surface area contributed by atoms with E-state index in [1.807, 2.05) is 24.4 Å². The van der Waals surface area contributed by atoms with Crippen LogP contribution in [0.4, 0.5) is 10.5 Å². The van der Waals surface area contributed by atoms with Gasteiger partial charge in [0.2, 0.25) is 0 Å². The smallest absolute Gasteiger partial charge is 0.321 e. The quantitative estimate of drug-likeness (QED) is 0.854. The van der Waals surface area contributed by atoms with Crippen LogP contribution in [0.15, 0.2) is 30.7 Å². The van der Waals surface area contributed by atoms with Crippen LogP contribution in [-0.2, 0) is 6.42 Å². The number of aromatic nitrogens is 2. The van der Waals surface area contributed by atoms with Crippen LogP contribution in [0.2, 0.25) is 0 Å². The predicted octanol–water partition coefficient (Wildman–Crippen LogP) is 3.18. The number of hydrogen-bond acceptors (Lipinski definition) is 3. The minimum atomic E-state index is -0.152. The number of methoxy groups -OCH3 is 1. The Morgan fingerprint density at radius 2 is 2.17 bits per heavy atom. The van der Waals surface area contributed by atoms with Gasteiger partial charge in [0.25, 0.3) is 0 Å². The molecule has 130 valence electrons. The molecule has 6 heteroatoms. The summed E-state index contributed by atoms with van der Waals surface area (Å²) < 4.78 is 5.57. The van der Waals surface area contributed by atoms with E-state index in [1.165, 1.54) is 0 Å². The van der Waals surface area contributed by atoms with E-state index in [0.717, 1.165) is 29.1 Å². The van der Waals surface area contributed by atoms with E-state index >= 15 is 0 Å².